The van der Waals surface area contributed by atoms with Gasteiger partial charge in [-0.3, -0.25) is 0 Å². The van der Waals surface area contributed by atoms with Crippen LogP contribution in [0.2, 0.25) is 0 Å². The summed E-state index contributed by atoms with van der Waals surface area (Å²) < 4.78 is 57.9. The molecule has 2 heterocycles. The Bertz CT molecular complexity index is 1810. The molecule has 15 nitrogen and oxygen atoms in total. The van der Waals surface area contributed by atoms with E-state index in [0.29, 0.717) is 119 Å². The van der Waals surface area contributed by atoms with Crippen LogP contribution >= 0.6 is 0 Å². The number of hydrogen-bond acceptors (Lipinski definition) is 12. The Labute approximate surface area is 374 Å². The van der Waals surface area contributed by atoms with Crippen molar-refractivity contribution >= 4 is 17.1 Å². The van der Waals surface area contributed by atoms with Crippen molar-refractivity contribution in [3.8, 4) is 11.5 Å². The number of allylic oxidation sites excluding steroid dienone is 6. The number of azide groups is 1. The maximum atomic E-state index is 8.23. The van der Waals surface area contributed by atoms with Crippen molar-refractivity contribution in [2.45, 2.75) is 38.5 Å². The second-order valence-corrected chi connectivity index (χ2v) is 15.3. The Kier molecular flexibility index (Phi) is 24.2. The first-order chi connectivity index (χ1) is 29.6. The van der Waals surface area contributed by atoms with Crippen molar-refractivity contribution in [3.05, 3.63) is 94.0 Å². The average Bonchev–Trinajstić information content (AvgIpc) is 3.56. The molecule has 2 aromatic rings. The second kappa shape index (κ2) is 28.6. The van der Waals surface area contributed by atoms with Gasteiger partial charge in [-0.15, -0.1) is 0 Å². The SMILES string of the molecule is COCCOCCOCCOCCOc1ccc2c(c1)C(C)(C)C(/C=C/C=C/C=C1\N(C)c3ccc(OCCOCCOCCOCCOCCN=[N+]=[N-])cc3C1(C)C)=[N+]2C.[Cl-]. The molecule has 62 heavy (non-hydrogen) atoms. The van der Waals surface area contributed by atoms with Gasteiger partial charge in [0.1, 0.15) is 31.8 Å². The third kappa shape index (κ3) is 16.3. The smallest absolute Gasteiger partial charge is 0.209 e. The normalized spacial score (nSPS) is 15.7. The predicted molar refractivity (Wildman–Crippen MR) is 237 cm³/mol. The van der Waals surface area contributed by atoms with E-state index in [1.807, 2.05) is 12.1 Å². The molecule has 0 aliphatic carbocycles. The maximum Gasteiger partial charge on any atom is 0.209 e. The molecule has 2 aliphatic rings. The number of anilines is 1. The van der Waals surface area contributed by atoms with Crippen LogP contribution in [0.5, 0.6) is 11.5 Å². The number of benzene rings is 2. The molecule has 2 aromatic carbocycles. The van der Waals surface area contributed by atoms with E-state index in [4.69, 9.17) is 52.9 Å². The van der Waals surface area contributed by atoms with Gasteiger partial charge in [0.25, 0.3) is 0 Å². The molecule has 16 heteroatoms. The number of halogens is 1. The van der Waals surface area contributed by atoms with Crippen molar-refractivity contribution in [3.63, 3.8) is 0 Å². The first kappa shape index (κ1) is 52.4. The maximum absolute atomic E-state index is 8.23. The summed E-state index contributed by atoms with van der Waals surface area (Å²) >= 11 is 0. The van der Waals surface area contributed by atoms with Crippen LogP contribution in [0.1, 0.15) is 38.8 Å². The van der Waals surface area contributed by atoms with Crippen molar-refractivity contribution in [1.82, 2.24) is 0 Å². The molecular formula is C46H68ClN5O10. The highest BCUT2D eigenvalue weighted by Gasteiger charge is 2.43. The molecule has 0 saturated heterocycles. The zero-order valence-corrected chi connectivity index (χ0v) is 38.5. The lowest BCUT2D eigenvalue weighted by atomic mass is 9.81. The number of ether oxygens (including phenoxy) is 10. The molecule has 0 spiro atoms. The summed E-state index contributed by atoms with van der Waals surface area (Å²) in [6.07, 6.45) is 10.7. The zero-order chi connectivity index (χ0) is 43.8. The standard InChI is InChI=1S/C46H68N5O10.ClH/c1-45(2)39-35-37(60-33-31-58-29-27-56-24-23-54-20-19-52-7)13-15-41(39)50(5)43(45)11-9-8-10-12-44-46(3,4)40-36-38(14-16-42(40)51(44)6)61-34-32-59-30-28-57-26-25-55-22-21-53-18-17-48-49-47;/h8-16,35-36H,17-34H2,1-7H3;1H/q+1;/p-1. The lowest BCUT2D eigenvalue weighted by Crippen LogP contribution is -3.00. The van der Waals surface area contributed by atoms with Crippen molar-refractivity contribution in [1.29, 1.82) is 0 Å². The van der Waals surface area contributed by atoms with E-state index in [2.05, 4.69) is 116 Å². The van der Waals surface area contributed by atoms with Crippen LogP contribution in [0.25, 0.3) is 10.4 Å². The first-order valence-electron chi connectivity index (χ1n) is 21.1. The number of hydrogen-bond donors (Lipinski definition) is 0. The molecule has 0 saturated carbocycles. The van der Waals surface area contributed by atoms with Crippen molar-refractivity contribution in [2.24, 2.45) is 5.11 Å². The number of rotatable bonds is 32. The summed E-state index contributed by atoms with van der Waals surface area (Å²) in [4.78, 5) is 4.93. The molecule has 0 fully saturated rings. The molecular weight excluding hydrogens is 818 g/mol. The van der Waals surface area contributed by atoms with E-state index in [-0.39, 0.29) is 23.2 Å². The molecule has 4 rings (SSSR count). The van der Waals surface area contributed by atoms with E-state index in [1.165, 1.54) is 33.9 Å². The minimum absolute atomic E-state index is 0. The van der Waals surface area contributed by atoms with E-state index in [9.17, 15) is 0 Å². The van der Waals surface area contributed by atoms with Crippen LogP contribution in [-0.4, -0.2) is 150 Å². The lowest BCUT2D eigenvalue weighted by molar-refractivity contribution is -0.401. The summed E-state index contributed by atoms with van der Waals surface area (Å²) in [5.74, 6) is 1.65. The predicted octanol–water partition coefficient (Wildman–Crippen LogP) is 3.95. The van der Waals surface area contributed by atoms with Crippen molar-refractivity contribution < 1.29 is 64.4 Å². The lowest BCUT2D eigenvalue weighted by Gasteiger charge is -2.23. The minimum Gasteiger partial charge on any atom is -1.00 e. The van der Waals surface area contributed by atoms with Gasteiger partial charge in [0.05, 0.1) is 105 Å². The number of methoxy groups -OCH3 is 1. The highest BCUT2D eigenvalue weighted by Crippen LogP contribution is 2.48. The molecule has 0 bridgehead atoms. The third-order valence-electron chi connectivity index (χ3n) is 10.4. The quantitative estimate of drug-likeness (QED) is 0.0263. The monoisotopic (exact) mass is 885 g/mol. The molecule has 0 aromatic heterocycles. The van der Waals surface area contributed by atoms with E-state index in [1.54, 1.807) is 7.11 Å². The van der Waals surface area contributed by atoms with E-state index < -0.39 is 0 Å². The fourth-order valence-electron chi connectivity index (χ4n) is 7.20. The van der Waals surface area contributed by atoms with Gasteiger partial charge in [0.15, 0.2) is 5.71 Å². The first-order valence-corrected chi connectivity index (χ1v) is 21.1. The number of nitrogens with zero attached hydrogens (tertiary/aromatic N) is 5. The average molecular weight is 887 g/mol. The van der Waals surface area contributed by atoms with Gasteiger partial charge < -0.3 is 64.7 Å². The highest BCUT2D eigenvalue weighted by atomic mass is 35.5. The summed E-state index contributed by atoms with van der Waals surface area (Å²) in [7, 11) is 5.89. The Morgan fingerprint density at radius 2 is 1.11 bits per heavy atom. The molecule has 2 aliphatic heterocycles. The van der Waals surface area contributed by atoms with Gasteiger partial charge in [0, 0.05) is 60.1 Å². The fourth-order valence-corrected chi connectivity index (χ4v) is 7.20. The summed E-state index contributed by atoms with van der Waals surface area (Å²) in [6, 6.07) is 12.6. The summed E-state index contributed by atoms with van der Waals surface area (Å²) in [6.45, 7) is 17.7. The van der Waals surface area contributed by atoms with Gasteiger partial charge in [-0.2, -0.15) is 4.58 Å². The van der Waals surface area contributed by atoms with Gasteiger partial charge >= 0.3 is 0 Å². The number of likely N-dealkylation sites (N-methyl/N-ethyl adjacent to an activating group) is 1. The molecule has 0 radical (unpaired) electrons. The zero-order valence-electron chi connectivity index (χ0n) is 37.8. The highest BCUT2D eigenvalue weighted by molar-refractivity contribution is 6.03. The molecule has 0 amide bonds. The number of fused-ring (bicyclic) bond motifs is 2. The van der Waals surface area contributed by atoms with E-state index in [0.717, 1.165) is 11.5 Å². The largest absolute Gasteiger partial charge is 1.00 e. The second-order valence-electron chi connectivity index (χ2n) is 15.3. The molecule has 0 atom stereocenters. The third-order valence-corrected chi connectivity index (χ3v) is 10.4. The minimum atomic E-state index is -0.209. The van der Waals surface area contributed by atoms with Gasteiger partial charge in [0.2, 0.25) is 5.69 Å². The van der Waals surface area contributed by atoms with Crippen LogP contribution in [-0.2, 0) is 48.7 Å². The summed E-state index contributed by atoms with van der Waals surface area (Å²) in [5, 5.41) is 3.41. The molecule has 0 unspecified atom stereocenters. The van der Waals surface area contributed by atoms with Gasteiger partial charge in [-0.25, -0.2) is 0 Å². The van der Waals surface area contributed by atoms with Crippen LogP contribution < -0.4 is 26.8 Å². The summed E-state index contributed by atoms with van der Waals surface area (Å²) in [5.41, 5.74) is 15.0. The van der Waals surface area contributed by atoms with Crippen LogP contribution in [0.4, 0.5) is 11.4 Å². The Hall–Kier alpha value is -3.99. The fraction of sp³-hybridized carbons (Fsp3) is 0.587. The van der Waals surface area contributed by atoms with Gasteiger partial charge in [-0.05, 0) is 61.3 Å². The Balaban J connectivity index is 0.0000102. The van der Waals surface area contributed by atoms with Crippen molar-refractivity contribution in [2.75, 3.05) is 145 Å². The Morgan fingerprint density at radius 1 is 0.629 bits per heavy atom. The molecule has 0 N–H and O–H groups in total. The molecule has 344 valence electrons. The van der Waals surface area contributed by atoms with Crippen LogP contribution in [0, 0.1) is 0 Å². The van der Waals surface area contributed by atoms with E-state index >= 15 is 0 Å². The van der Waals surface area contributed by atoms with Crippen LogP contribution in [0.3, 0.4) is 0 Å². The van der Waals surface area contributed by atoms with Crippen LogP contribution in [0.15, 0.2) is 77.6 Å². The topological polar surface area (TPSA) is 147 Å². The van der Waals surface area contributed by atoms with Gasteiger partial charge in [-0.1, -0.05) is 37.2 Å². The Morgan fingerprint density at radius 3 is 1.65 bits per heavy atom.